The molecule has 0 N–H and O–H groups in total. The summed E-state index contributed by atoms with van der Waals surface area (Å²) in [6.07, 6.45) is 1.63. The Balaban J connectivity index is 2.09. The average molecular weight is 309 g/mol. The second-order valence-corrected chi connectivity index (χ2v) is 5.93. The van der Waals surface area contributed by atoms with Gasteiger partial charge in [-0.2, -0.15) is 8.78 Å². The fourth-order valence-corrected chi connectivity index (χ4v) is 3.44. The van der Waals surface area contributed by atoms with Crippen molar-refractivity contribution in [3.8, 4) is 22.4 Å². The molecule has 0 atom stereocenters. The molecule has 1 heterocycles. The molecule has 4 rings (SSSR count). The molecular weight excluding hydrogens is 292 g/mol. The third kappa shape index (κ3) is 1.86. The lowest BCUT2D eigenvalue weighted by Crippen LogP contribution is -2.31. The highest BCUT2D eigenvalue weighted by Crippen LogP contribution is 2.54. The summed E-state index contributed by atoms with van der Waals surface area (Å²) >= 11 is 0. The van der Waals surface area contributed by atoms with E-state index in [1.54, 1.807) is 54.2 Å². The second-order valence-electron chi connectivity index (χ2n) is 5.93. The van der Waals surface area contributed by atoms with Crippen LogP contribution in [0.3, 0.4) is 0 Å². The van der Waals surface area contributed by atoms with Gasteiger partial charge in [0.1, 0.15) is 7.05 Å². The molecule has 3 aromatic rings. The highest BCUT2D eigenvalue weighted by atomic mass is 19.3. The summed E-state index contributed by atoms with van der Waals surface area (Å²) in [5.41, 5.74) is 3.35. The topological polar surface area (TPSA) is 3.88 Å². The molecule has 2 aromatic carbocycles. The smallest absolute Gasteiger partial charge is 0.201 e. The van der Waals surface area contributed by atoms with Crippen molar-refractivity contribution in [2.75, 3.05) is 0 Å². The van der Waals surface area contributed by atoms with Crippen molar-refractivity contribution >= 4 is 0 Å². The van der Waals surface area contributed by atoms with Gasteiger partial charge in [0.25, 0.3) is 5.92 Å². The number of hydrogen-bond donors (Lipinski definition) is 0. The van der Waals surface area contributed by atoms with Gasteiger partial charge in [0.15, 0.2) is 6.20 Å². The number of rotatable bonds is 1. The van der Waals surface area contributed by atoms with Crippen molar-refractivity contribution in [1.29, 1.82) is 0 Å². The quantitative estimate of drug-likeness (QED) is 0.578. The molecule has 0 radical (unpaired) electrons. The van der Waals surface area contributed by atoms with E-state index in [4.69, 9.17) is 1.37 Å². The first-order chi connectivity index (χ1) is 11.4. The maximum atomic E-state index is 15.2. The minimum Gasteiger partial charge on any atom is -0.201 e. The third-order valence-electron chi connectivity index (χ3n) is 4.52. The first-order valence-corrected chi connectivity index (χ1v) is 7.49. The SMILES string of the molecule is [2H]c1ccc(-c2c(C)ccc3c2C(F)(F)c2ccccc2-3)[n+](C)c1. The molecule has 0 bridgehead atoms. The van der Waals surface area contributed by atoms with Crippen LogP contribution in [0.15, 0.2) is 60.8 Å². The minimum atomic E-state index is -3.03. The number of benzene rings is 2. The maximum Gasteiger partial charge on any atom is 0.300 e. The van der Waals surface area contributed by atoms with E-state index >= 15 is 8.78 Å². The molecule has 0 amide bonds. The van der Waals surface area contributed by atoms with Crippen LogP contribution in [-0.4, -0.2) is 0 Å². The Kier molecular flexibility index (Phi) is 2.66. The first-order valence-electron chi connectivity index (χ1n) is 7.99. The molecule has 1 nitrogen and oxygen atoms in total. The van der Waals surface area contributed by atoms with Gasteiger partial charge < -0.3 is 0 Å². The molecule has 3 heteroatoms. The average Bonchev–Trinajstić information content (AvgIpc) is 2.77. The van der Waals surface area contributed by atoms with Crippen molar-refractivity contribution in [1.82, 2.24) is 0 Å². The molecule has 1 aliphatic carbocycles. The zero-order valence-corrected chi connectivity index (χ0v) is 12.9. The molecular formula is C20H16F2N+. The molecule has 0 fully saturated rings. The lowest BCUT2D eigenvalue weighted by molar-refractivity contribution is -0.660. The van der Waals surface area contributed by atoms with Crippen LogP contribution in [0.2, 0.25) is 0 Å². The number of aromatic nitrogens is 1. The summed E-state index contributed by atoms with van der Waals surface area (Å²) in [4.78, 5) is 0. The Labute approximate surface area is 135 Å². The number of hydrogen-bond acceptors (Lipinski definition) is 0. The molecule has 0 spiro atoms. The van der Waals surface area contributed by atoms with Gasteiger partial charge in [-0.3, -0.25) is 0 Å². The molecule has 0 saturated carbocycles. The fraction of sp³-hybridized carbons (Fsp3) is 0.150. The molecule has 23 heavy (non-hydrogen) atoms. The molecule has 1 aromatic heterocycles. The maximum absolute atomic E-state index is 15.2. The van der Waals surface area contributed by atoms with Gasteiger partial charge in [0.2, 0.25) is 5.69 Å². The highest BCUT2D eigenvalue weighted by molar-refractivity contribution is 5.87. The summed E-state index contributed by atoms with van der Waals surface area (Å²) in [7, 11) is 1.78. The van der Waals surface area contributed by atoms with E-state index < -0.39 is 5.92 Å². The lowest BCUT2D eigenvalue weighted by atomic mass is 9.92. The normalized spacial score (nSPS) is 15.0. The summed E-state index contributed by atoms with van der Waals surface area (Å²) in [6.45, 7) is 1.85. The van der Waals surface area contributed by atoms with Crippen LogP contribution in [0, 0.1) is 6.92 Å². The van der Waals surface area contributed by atoms with E-state index in [0.717, 1.165) is 5.56 Å². The van der Waals surface area contributed by atoms with E-state index in [1.807, 2.05) is 13.0 Å². The zero-order chi connectivity index (χ0) is 17.1. The van der Waals surface area contributed by atoms with Gasteiger partial charge in [-0.1, -0.05) is 36.4 Å². The van der Waals surface area contributed by atoms with Gasteiger partial charge in [0.05, 0.1) is 6.93 Å². The van der Waals surface area contributed by atoms with Gasteiger partial charge in [-0.15, -0.1) is 0 Å². The standard InChI is InChI=1S/C20H16F2N/c1-13-10-11-15-14-7-3-4-8-16(14)20(21,22)19(15)18(13)17-9-5-6-12-23(17)2/h3-12H,1-2H3/q+1/i6D. The van der Waals surface area contributed by atoms with Crippen LogP contribution in [0.1, 0.15) is 18.1 Å². The van der Waals surface area contributed by atoms with E-state index in [-0.39, 0.29) is 11.1 Å². The largest absolute Gasteiger partial charge is 0.300 e. The molecule has 0 saturated heterocycles. The summed E-state index contributed by atoms with van der Waals surface area (Å²) in [5, 5.41) is 0. The van der Waals surface area contributed by atoms with Crippen LogP contribution in [0.5, 0.6) is 0 Å². The number of halogens is 2. The lowest BCUT2D eigenvalue weighted by Gasteiger charge is -2.17. The van der Waals surface area contributed by atoms with Gasteiger partial charge in [-0.05, 0) is 29.7 Å². The Hall–Kier alpha value is -2.55. The number of nitrogens with zero attached hydrogens (tertiary/aromatic N) is 1. The van der Waals surface area contributed by atoms with Crippen LogP contribution in [-0.2, 0) is 13.0 Å². The van der Waals surface area contributed by atoms with E-state index in [9.17, 15) is 0 Å². The molecule has 114 valence electrons. The van der Waals surface area contributed by atoms with Crippen molar-refractivity contribution in [2.45, 2.75) is 12.8 Å². The van der Waals surface area contributed by atoms with Crippen LogP contribution >= 0.6 is 0 Å². The number of pyridine rings is 1. The highest BCUT2D eigenvalue weighted by Gasteiger charge is 2.47. The van der Waals surface area contributed by atoms with Gasteiger partial charge in [0, 0.05) is 23.2 Å². The fourth-order valence-electron chi connectivity index (χ4n) is 3.44. The first kappa shape index (κ1) is 12.9. The van der Waals surface area contributed by atoms with Crippen molar-refractivity contribution in [2.24, 2.45) is 7.05 Å². The number of aryl methyl sites for hydroxylation is 2. The minimum absolute atomic E-state index is 0.0617. The van der Waals surface area contributed by atoms with Crippen molar-refractivity contribution < 1.29 is 14.7 Å². The number of fused-ring (bicyclic) bond motifs is 3. The Morgan fingerprint density at radius 3 is 2.57 bits per heavy atom. The van der Waals surface area contributed by atoms with E-state index in [2.05, 4.69) is 0 Å². The Bertz CT molecular complexity index is 979. The van der Waals surface area contributed by atoms with Crippen molar-refractivity contribution in [3.05, 3.63) is 77.5 Å². The van der Waals surface area contributed by atoms with Crippen molar-refractivity contribution in [3.63, 3.8) is 0 Å². The van der Waals surface area contributed by atoms with Gasteiger partial charge >= 0.3 is 0 Å². The molecule has 0 unspecified atom stereocenters. The molecule has 1 aliphatic rings. The summed E-state index contributed by atoms with van der Waals surface area (Å²) in [6, 6.07) is 14.1. The Morgan fingerprint density at radius 2 is 1.78 bits per heavy atom. The van der Waals surface area contributed by atoms with Crippen LogP contribution in [0.25, 0.3) is 22.4 Å². The summed E-state index contributed by atoms with van der Waals surface area (Å²) in [5.74, 6) is -3.03. The summed E-state index contributed by atoms with van der Waals surface area (Å²) < 4.78 is 39.9. The van der Waals surface area contributed by atoms with E-state index in [0.29, 0.717) is 28.4 Å². The third-order valence-corrected chi connectivity index (χ3v) is 4.52. The van der Waals surface area contributed by atoms with Crippen LogP contribution in [0.4, 0.5) is 8.78 Å². The zero-order valence-electron chi connectivity index (χ0n) is 13.9. The monoisotopic (exact) mass is 309 g/mol. The van der Waals surface area contributed by atoms with Gasteiger partial charge in [-0.25, -0.2) is 4.57 Å². The Morgan fingerprint density at radius 1 is 1.00 bits per heavy atom. The predicted octanol–water partition coefficient (Wildman–Crippen LogP) is 4.61. The van der Waals surface area contributed by atoms with Crippen LogP contribution < -0.4 is 4.57 Å². The molecule has 0 aliphatic heterocycles. The second kappa shape index (κ2) is 4.72. The predicted molar refractivity (Wildman–Crippen MR) is 86.2 cm³/mol. The number of alkyl halides is 2. The van der Waals surface area contributed by atoms with E-state index in [1.165, 1.54) is 6.07 Å².